The second-order valence-corrected chi connectivity index (χ2v) is 6.53. The first-order chi connectivity index (χ1) is 8.97. The molecule has 19 heavy (non-hydrogen) atoms. The summed E-state index contributed by atoms with van der Waals surface area (Å²) in [4.78, 5) is 0. The van der Waals surface area contributed by atoms with Crippen LogP contribution in [0.5, 0.6) is 0 Å². The molecular formula is C15H13FO2S. The van der Waals surface area contributed by atoms with Crippen molar-refractivity contribution in [2.24, 2.45) is 0 Å². The van der Waals surface area contributed by atoms with E-state index in [0.29, 0.717) is 5.56 Å². The summed E-state index contributed by atoms with van der Waals surface area (Å²) in [5.41, 5.74) is 5.09. The van der Waals surface area contributed by atoms with E-state index in [9.17, 15) is 12.3 Å². The Morgan fingerprint density at radius 1 is 1.05 bits per heavy atom. The first-order valence-corrected chi connectivity index (χ1v) is 7.56. The molecule has 0 saturated carbocycles. The van der Waals surface area contributed by atoms with Crippen molar-refractivity contribution in [3.63, 3.8) is 0 Å². The van der Waals surface area contributed by atoms with Crippen LogP contribution in [0.25, 0.3) is 11.1 Å². The van der Waals surface area contributed by atoms with E-state index in [1.807, 2.05) is 18.2 Å². The molecule has 0 amide bonds. The summed E-state index contributed by atoms with van der Waals surface area (Å²) in [5.74, 6) is 0. The maximum absolute atomic E-state index is 13.1. The molecule has 1 atom stereocenters. The Hall–Kier alpha value is -1.68. The average molecular weight is 276 g/mol. The molecule has 0 aromatic heterocycles. The molecule has 0 fully saturated rings. The maximum atomic E-state index is 13.1. The Balaban J connectivity index is 2.07. The molecule has 2 aromatic carbocycles. The van der Waals surface area contributed by atoms with Gasteiger partial charge < -0.3 is 0 Å². The lowest BCUT2D eigenvalue weighted by molar-refractivity contribution is 0.540. The standard InChI is InChI=1S/C15H13FO2S/c1-10(19(16,17)18)11-6-7-15-13(8-11)9-12-4-2-3-5-14(12)15/h2-8,10H,9H2,1H3. The van der Waals surface area contributed by atoms with E-state index in [2.05, 4.69) is 12.1 Å². The molecule has 98 valence electrons. The largest absolute Gasteiger partial charge is 0.309 e. The molecule has 0 saturated heterocycles. The van der Waals surface area contributed by atoms with E-state index in [1.54, 1.807) is 12.1 Å². The van der Waals surface area contributed by atoms with Gasteiger partial charge in [0, 0.05) is 0 Å². The number of halogens is 1. The van der Waals surface area contributed by atoms with E-state index < -0.39 is 15.5 Å². The zero-order chi connectivity index (χ0) is 13.6. The first kappa shape index (κ1) is 12.4. The van der Waals surface area contributed by atoms with Crippen LogP contribution in [-0.2, 0) is 16.6 Å². The fraction of sp³-hybridized carbons (Fsp3) is 0.200. The van der Waals surface area contributed by atoms with Gasteiger partial charge in [0.15, 0.2) is 0 Å². The van der Waals surface area contributed by atoms with E-state index >= 15 is 0 Å². The smallest absolute Gasteiger partial charge is 0.194 e. The third kappa shape index (κ3) is 2.06. The van der Waals surface area contributed by atoms with Crippen molar-refractivity contribution in [1.82, 2.24) is 0 Å². The summed E-state index contributed by atoms with van der Waals surface area (Å²) in [7, 11) is -4.54. The second kappa shape index (κ2) is 4.17. The number of fused-ring (bicyclic) bond motifs is 3. The number of benzene rings is 2. The molecule has 0 N–H and O–H groups in total. The van der Waals surface area contributed by atoms with Gasteiger partial charge in [0.05, 0.1) is 0 Å². The van der Waals surface area contributed by atoms with Crippen molar-refractivity contribution in [1.29, 1.82) is 0 Å². The van der Waals surface area contributed by atoms with Gasteiger partial charge in [-0.1, -0.05) is 42.5 Å². The van der Waals surface area contributed by atoms with Gasteiger partial charge >= 0.3 is 10.2 Å². The quantitative estimate of drug-likeness (QED) is 0.670. The minimum Gasteiger partial charge on any atom is -0.194 e. The molecule has 1 aliphatic carbocycles. The summed E-state index contributed by atoms with van der Waals surface area (Å²) in [6, 6.07) is 13.5. The van der Waals surface area contributed by atoms with Gasteiger partial charge in [0.25, 0.3) is 0 Å². The Morgan fingerprint density at radius 2 is 1.74 bits per heavy atom. The lowest BCUT2D eigenvalue weighted by Crippen LogP contribution is -2.04. The highest BCUT2D eigenvalue weighted by Gasteiger charge is 2.24. The molecule has 2 aromatic rings. The zero-order valence-electron chi connectivity index (χ0n) is 10.4. The van der Waals surface area contributed by atoms with Gasteiger partial charge in [-0.05, 0) is 41.2 Å². The topological polar surface area (TPSA) is 34.1 Å². The molecule has 0 bridgehead atoms. The first-order valence-electron chi connectivity index (χ1n) is 6.11. The highest BCUT2D eigenvalue weighted by atomic mass is 32.3. The molecule has 2 nitrogen and oxygen atoms in total. The van der Waals surface area contributed by atoms with E-state index in [0.717, 1.165) is 17.5 Å². The van der Waals surface area contributed by atoms with Gasteiger partial charge in [0.1, 0.15) is 5.25 Å². The van der Waals surface area contributed by atoms with Gasteiger partial charge in [0.2, 0.25) is 0 Å². The number of rotatable bonds is 2. The molecule has 0 radical (unpaired) electrons. The summed E-state index contributed by atoms with van der Waals surface area (Å²) >= 11 is 0. The fourth-order valence-corrected chi connectivity index (χ4v) is 3.05. The molecule has 1 unspecified atom stereocenters. The highest BCUT2D eigenvalue weighted by molar-refractivity contribution is 7.86. The molecule has 0 aliphatic heterocycles. The third-order valence-electron chi connectivity index (χ3n) is 3.71. The van der Waals surface area contributed by atoms with Crippen LogP contribution in [0.3, 0.4) is 0 Å². The monoisotopic (exact) mass is 276 g/mol. The normalized spacial score (nSPS) is 14.8. The van der Waals surface area contributed by atoms with E-state index in [-0.39, 0.29) is 0 Å². The fourth-order valence-electron chi connectivity index (χ4n) is 2.58. The van der Waals surface area contributed by atoms with Crippen LogP contribution in [0, 0.1) is 0 Å². The van der Waals surface area contributed by atoms with Crippen LogP contribution < -0.4 is 0 Å². The Labute approximate surface area is 112 Å². The summed E-state index contributed by atoms with van der Waals surface area (Å²) in [6.07, 6.45) is 0.776. The minimum atomic E-state index is -4.54. The van der Waals surface area contributed by atoms with Crippen molar-refractivity contribution < 1.29 is 12.3 Å². The lowest BCUT2D eigenvalue weighted by atomic mass is 10.0. The summed E-state index contributed by atoms with van der Waals surface area (Å²) in [5, 5.41) is -1.11. The van der Waals surface area contributed by atoms with E-state index in [1.165, 1.54) is 18.1 Å². The van der Waals surface area contributed by atoms with Gasteiger partial charge in [-0.15, -0.1) is 3.89 Å². The third-order valence-corrected chi connectivity index (χ3v) is 4.83. The second-order valence-electron chi connectivity index (χ2n) is 4.87. The molecule has 1 aliphatic rings. The van der Waals surface area contributed by atoms with Gasteiger partial charge in [-0.25, -0.2) is 0 Å². The minimum absolute atomic E-state index is 0.508. The van der Waals surface area contributed by atoms with Crippen LogP contribution in [0.1, 0.15) is 28.9 Å². The summed E-state index contributed by atoms with van der Waals surface area (Å²) < 4.78 is 35.0. The lowest BCUT2D eigenvalue weighted by Gasteiger charge is -2.09. The Kier molecular flexibility index (Phi) is 2.71. The van der Waals surface area contributed by atoms with Crippen molar-refractivity contribution >= 4 is 10.2 Å². The van der Waals surface area contributed by atoms with Crippen LogP contribution in [0.15, 0.2) is 42.5 Å². The molecule has 3 rings (SSSR count). The predicted octanol–water partition coefficient (Wildman–Crippen LogP) is 3.62. The van der Waals surface area contributed by atoms with Crippen molar-refractivity contribution in [2.45, 2.75) is 18.6 Å². The molecule has 0 spiro atoms. The van der Waals surface area contributed by atoms with Crippen LogP contribution in [-0.4, -0.2) is 8.42 Å². The number of hydrogen-bond acceptors (Lipinski definition) is 2. The maximum Gasteiger partial charge on any atom is 0.309 e. The summed E-state index contributed by atoms with van der Waals surface area (Å²) in [6.45, 7) is 1.37. The SMILES string of the molecule is CC(c1ccc2c(c1)Cc1ccccc1-2)S(=O)(=O)F. The highest BCUT2D eigenvalue weighted by Crippen LogP contribution is 2.38. The van der Waals surface area contributed by atoms with Crippen molar-refractivity contribution in [3.8, 4) is 11.1 Å². The Morgan fingerprint density at radius 3 is 2.47 bits per heavy atom. The van der Waals surface area contributed by atoms with Crippen molar-refractivity contribution in [3.05, 3.63) is 59.2 Å². The molecular weight excluding hydrogens is 263 g/mol. The molecule has 0 heterocycles. The van der Waals surface area contributed by atoms with Gasteiger partial charge in [-0.2, -0.15) is 8.42 Å². The van der Waals surface area contributed by atoms with Crippen molar-refractivity contribution in [2.75, 3.05) is 0 Å². The number of hydrogen-bond donors (Lipinski definition) is 0. The van der Waals surface area contributed by atoms with E-state index in [4.69, 9.17) is 0 Å². The Bertz CT molecular complexity index is 750. The van der Waals surface area contributed by atoms with Gasteiger partial charge in [-0.3, -0.25) is 0 Å². The van der Waals surface area contributed by atoms with Crippen LogP contribution in [0.4, 0.5) is 3.89 Å². The zero-order valence-corrected chi connectivity index (χ0v) is 11.2. The molecule has 4 heteroatoms. The average Bonchev–Trinajstić information content (AvgIpc) is 2.74. The van der Waals surface area contributed by atoms with Crippen LogP contribution >= 0.6 is 0 Å². The predicted molar refractivity (Wildman–Crippen MR) is 73.1 cm³/mol. The van der Waals surface area contributed by atoms with Crippen LogP contribution in [0.2, 0.25) is 0 Å².